The van der Waals surface area contributed by atoms with Crippen molar-refractivity contribution < 1.29 is 74.9 Å². The van der Waals surface area contributed by atoms with Gasteiger partial charge in [0.05, 0.1) is 35.3 Å². The first-order chi connectivity index (χ1) is 19.9. The first kappa shape index (κ1) is 38.0. The summed E-state index contributed by atoms with van der Waals surface area (Å²) >= 11 is 5.73. The predicted molar refractivity (Wildman–Crippen MR) is 137 cm³/mol. The van der Waals surface area contributed by atoms with Crippen molar-refractivity contribution in [3.05, 3.63) is 62.9 Å². The number of alkyl halides is 6. The number of rotatable bonds is 9. The van der Waals surface area contributed by atoms with Crippen molar-refractivity contribution in [1.29, 1.82) is 0 Å². The second-order valence-corrected chi connectivity index (χ2v) is 11.9. The molecule has 0 bridgehead atoms. The molecular weight excluding hydrogens is 660 g/mol. The number of hydrogen-bond donors (Lipinski definition) is 1. The summed E-state index contributed by atoms with van der Waals surface area (Å²) in [6.45, 7) is -1.23. The Labute approximate surface area is 251 Å². The molecule has 1 aliphatic carbocycles. The SMILES string of the molecule is CC(OC(=O)C1(C(=O)OCC(=O)[O-])C=C(Oc2ccc(C(F)(F)F)cc2Cl)C=CC1([N+](=O)[O-])C(F)(F)F)C(=O)O.C[S+](C)C. The van der Waals surface area contributed by atoms with E-state index in [1.54, 1.807) is 0 Å². The summed E-state index contributed by atoms with van der Waals surface area (Å²) in [6, 6.07) is 1.35. The third kappa shape index (κ3) is 8.34. The summed E-state index contributed by atoms with van der Waals surface area (Å²) in [5.41, 5.74) is -10.4. The molecule has 20 heteroatoms. The summed E-state index contributed by atoms with van der Waals surface area (Å²) in [6.07, 6.45) is -7.12. The summed E-state index contributed by atoms with van der Waals surface area (Å²) in [4.78, 5) is 57.7. The molecule has 3 unspecified atom stereocenters. The van der Waals surface area contributed by atoms with Crippen LogP contribution < -0.4 is 9.84 Å². The molecule has 244 valence electrons. The van der Waals surface area contributed by atoms with E-state index in [-0.39, 0.29) is 18.2 Å². The molecule has 0 spiro atoms. The number of aliphatic carboxylic acids is 2. The van der Waals surface area contributed by atoms with Crippen molar-refractivity contribution in [3.8, 4) is 5.75 Å². The maximum atomic E-state index is 14.4. The van der Waals surface area contributed by atoms with E-state index in [2.05, 4.69) is 28.2 Å². The maximum Gasteiger partial charge on any atom is 0.466 e. The minimum absolute atomic E-state index is 0.175. The van der Waals surface area contributed by atoms with Crippen LogP contribution in [0.15, 0.2) is 42.2 Å². The summed E-state index contributed by atoms with van der Waals surface area (Å²) in [7, 11) is 0.639. The molecule has 44 heavy (non-hydrogen) atoms. The molecule has 1 aromatic rings. The molecule has 1 aromatic carbocycles. The number of halogens is 7. The number of allylic oxidation sites excluding steroid dienone is 1. The minimum Gasteiger partial charge on any atom is -0.546 e. The molecule has 0 saturated carbocycles. The standard InChI is InChI=1S/C21H14ClF6NO11.C3H9S/c1-9(15(32)33)39-17(35)18(16(34)38-8-14(30)31)7-11(4-5-19(18,29(36)37)21(26,27)28)40-13-3-2-10(6-12(13)22)20(23,24)25;1-4(2)3/h2-7,9H,8H2,1H3,(H,30,31)(H,32,33);1-3H3/q;+1/p-1. The second-order valence-electron chi connectivity index (χ2n) is 9.01. The van der Waals surface area contributed by atoms with Crippen molar-refractivity contribution in [2.45, 2.75) is 30.9 Å². The van der Waals surface area contributed by atoms with E-state index >= 15 is 0 Å². The molecule has 0 aromatic heterocycles. The fourth-order valence-corrected chi connectivity index (χ4v) is 3.56. The van der Waals surface area contributed by atoms with Gasteiger partial charge in [0.2, 0.25) is 0 Å². The monoisotopic (exact) mass is 681 g/mol. The Morgan fingerprint density at radius 2 is 1.64 bits per heavy atom. The molecule has 3 atom stereocenters. The van der Waals surface area contributed by atoms with Gasteiger partial charge in [0.1, 0.15) is 18.1 Å². The van der Waals surface area contributed by atoms with Gasteiger partial charge >= 0.3 is 35.8 Å². The number of nitrogens with zero attached hydrogens (tertiary/aromatic N) is 1. The number of ether oxygens (including phenoxy) is 3. The maximum absolute atomic E-state index is 14.4. The smallest absolute Gasteiger partial charge is 0.466 e. The molecule has 0 heterocycles. The predicted octanol–water partition coefficient (Wildman–Crippen LogP) is 2.56. The van der Waals surface area contributed by atoms with Crippen LogP contribution in [-0.4, -0.2) is 77.1 Å². The number of nitro groups is 1. The highest BCUT2D eigenvalue weighted by Crippen LogP contribution is 2.53. The molecular formula is C24H22ClF6NO11S. The van der Waals surface area contributed by atoms with Crippen molar-refractivity contribution in [2.75, 3.05) is 25.4 Å². The number of esters is 2. The van der Waals surface area contributed by atoms with E-state index in [4.69, 9.17) is 21.4 Å². The van der Waals surface area contributed by atoms with E-state index in [1.807, 2.05) is 0 Å². The van der Waals surface area contributed by atoms with Crippen LogP contribution in [0.5, 0.6) is 5.75 Å². The van der Waals surface area contributed by atoms with Gasteiger partial charge in [-0.1, -0.05) is 11.6 Å². The lowest BCUT2D eigenvalue weighted by atomic mass is 9.66. The molecule has 2 rings (SSSR count). The van der Waals surface area contributed by atoms with Gasteiger partial charge in [-0.05, 0) is 48.2 Å². The molecule has 0 amide bonds. The van der Waals surface area contributed by atoms with Gasteiger partial charge in [-0.3, -0.25) is 19.7 Å². The Balaban J connectivity index is 0.00000227. The molecule has 0 radical (unpaired) electrons. The lowest BCUT2D eigenvalue weighted by molar-refractivity contribution is -0.609. The van der Waals surface area contributed by atoms with Gasteiger partial charge in [-0.25, -0.2) is 4.79 Å². The van der Waals surface area contributed by atoms with Crippen LogP contribution >= 0.6 is 11.6 Å². The highest BCUT2D eigenvalue weighted by molar-refractivity contribution is 7.94. The van der Waals surface area contributed by atoms with Crippen LogP contribution in [0.4, 0.5) is 26.3 Å². The third-order valence-corrected chi connectivity index (χ3v) is 5.55. The average molecular weight is 682 g/mol. The first-order valence-corrected chi connectivity index (χ1v) is 14.2. The second kappa shape index (κ2) is 14.2. The highest BCUT2D eigenvalue weighted by Gasteiger charge is 2.83. The van der Waals surface area contributed by atoms with E-state index in [0.29, 0.717) is 36.0 Å². The number of hydrogen-bond acceptors (Lipinski definition) is 10. The summed E-state index contributed by atoms with van der Waals surface area (Å²) in [5, 5.41) is 30.9. The Kier molecular flexibility index (Phi) is 12.3. The van der Waals surface area contributed by atoms with Gasteiger partial charge in [-0.2, -0.15) is 26.3 Å². The van der Waals surface area contributed by atoms with Crippen LogP contribution in [0.3, 0.4) is 0 Å². The van der Waals surface area contributed by atoms with Crippen LogP contribution in [0.25, 0.3) is 0 Å². The molecule has 1 N–H and O–H groups in total. The highest BCUT2D eigenvalue weighted by atomic mass is 35.5. The number of carboxylic acid groups (broad SMARTS) is 2. The van der Waals surface area contributed by atoms with Crippen molar-refractivity contribution in [2.24, 2.45) is 5.41 Å². The zero-order chi connectivity index (χ0) is 34.4. The summed E-state index contributed by atoms with van der Waals surface area (Å²) < 4.78 is 95.5. The fourth-order valence-electron chi connectivity index (χ4n) is 3.34. The molecule has 12 nitrogen and oxygen atoms in total. The summed E-state index contributed by atoms with van der Waals surface area (Å²) in [5.74, 6) is -11.1. The normalized spacial score (nSPS) is 20.4. The lowest BCUT2D eigenvalue weighted by Gasteiger charge is -2.39. The number of carboxylic acids is 2. The molecule has 0 aliphatic heterocycles. The van der Waals surface area contributed by atoms with E-state index in [1.165, 1.54) is 0 Å². The largest absolute Gasteiger partial charge is 0.546 e. The lowest BCUT2D eigenvalue weighted by Crippen LogP contribution is -2.69. The van der Waals surface area contributed by atoms with E-state index in [0.717, 1.165) is 0 Å². The van der Waals surface area contributed by atoms with E-state index < -0.39 is 86.9 Å². The zero-order valence-corrected chi connectivity index (χ0v) is 24.4. The first-order valence-electron chi connectivity index (χ1n) is 11.4. The van der Waals surface area contributed by atoms with Gasteiger partial charge in [0, 0.05) is 11.0 Å². The Hall–Kier alpha value is -4.00. The van der Waals surface area contributed by atoms with Gasteiger partial charge < -0.3 is 29.2 Å². The van der Waals surface area contributed by atoms with Crippen molar-refractivity contribution >= 4 is 46.4 Å². The minimum atomic E-state index is -6.17. The van der Waals surface area contributed by atoms with E-state index in [9.17, 15) is 60.7 Å². The van der Waals surface area contributed by atoms with Crippen LogP contribution in [0, 0.1) is 15.5 Å². The Morgan fingerprint density at radius 3 is 2.05 bits per heavy atom. The topological polar surface area (TPSA) is 182 Å². The van der Waals surface area contributed by atoms with Crippen molar-refractivity contribution in [3.63, 3.8) is 0 Å². The Morgan fingerprint density at radius 1 is 1.09 bits per heavy atom. The molecule has 0 saturated heterocycles. The number of carbonyl (C=O) groups excluding carboxylic acids is 3. The quantitative estimate of drug-likeness (QED) is 0.101. The van der Waals surface area contributed by atoms with Crippen LogP contribution in [0.2, 0.25) is 5.02 Å². The van der Waals surface area contributed by atoms with Crippen molar-refractivity contribution in [1.82, 2.24) is 0 Å². The van der Waals surface area contributed by atoms with Gasteiger partial charge in [0.25, 0.3) is 5.41 Å². The Bertz CT molecular complexity index is 1360. The van der Waals surface area contributed by atoms with Crippen LogP contribution in [0.1, 0.15) is 12.5 Å². The van der Waals surface area contributed by atoms with Gasteiger partial charge in [-0.15, -0.1) is 0 Å². The molecule has 0 fully saturated rings. The van der Waals surface area contributed by atoms with Gasteiger partial charge in [0.15, 0.2) is 6.10 Å². The number of carbonyl (C=O) groups is 4. The number of benzene rings is 1. The zero-order valence-electron chi connectivity index (χ0n) is 22.8. The third-order valence-electron chi connectivity index (χ3n) is 5.25. The average Bonchev–Trinajstić information content (AvgIpc) is 2.86. The molecule has 1 aliphatic rings. The fraction of sp³-hybridized carbons (Fsp3) is 0.417. The van der Waals surface area contributed by atoms with Crippen LogP contribution in [-0.2, 0) is 45.7 Å².